The number of hydrogen-bond acceptors (Lipinski definition) is 4. The van der Waals surface area contributed by atoms with Gasteiger partial charge >= 0.3 is 0 Å². The Hall–Kier alpha value is -1.66. The van der Waals surface area contributed by atoms with Crippen LogP contribution in [0.5, 0.6) is 0 Å². The van der Waals surface area contributed by atoms with Crippen LogP contribution in [0.1, 0.15) is 23.7 Å². The van der Waals surface area contributed by atoms with E-state index in [-0.39, 0.29) is 22.9 Å². The lowest BCUT2D eigenvalue weighted by Gasteiger charge is -2.14. The van der Waals surface area contributed by atoms with Crippen LogP contribution in [-0.2, 0) is 0 Å². The lowest BCUT2D eigenvalue weighted by atomic mass is 10.1. The third-order valence-electron chi connectivity index (χ3n) is 2.46. The summed E-state index contributed by atoms with van der Waals surface area (Å²) in [5, 5.41) is 22.3. The molecule has 1 amide bonds. The number of halogens is 1. The van der Waals surface area contributed by atoms with Crippen molar-refractivity contribution < 1.29 is 14.8 Å². The van der Waals surface area contributed by atoms with E-state index >= 15 is 0 Å². The van der Waals surface area contributed by atoms with Crippen molar-refractivity contribution in [2.45, 2.75) is 19.4 Å². The van der Waals surface area contributed by atoms with Gasteiger partial charge in [-0.1, -0.05) is 24.6 Å². The molecule has 1 atom stereocenters. The molecule has 0 spiro atoms. The number of hydrogen-bond donors (Lipinski definition) is 2. The molecule has 0 fully saturated rings. The number of carbonyl (C=O) groups is 1. The van der Waals surface area contributed by atoms with Crippen LogP contribution in [0.3, 0.4) is 0 Å². The van der Waals surface area contributed by atoms with Gasteiger partial charge in [0, 0.05) is 6.07 Å². The van der Waals surface area contributed by atoms with Gasteiger partial charge in [-0.3, -0.25) is 14.9 Å². The molecule has 0 bridgehead atoms. The molecule has 0 aliphatic rings. The summed E-state index contributed by atoms with van der Waals surface area (Å²) in [6.45, 7) is 1.54. The van der Waals surface area contributed by atoms with Crippen LogP contribution in [0.4, 0.5) is 5.69 Å². The Labute approximate surface area is 109 Å². The monoisotopic (exact) mass is 272 g/mol. The van der Waals surface area contributed by atoms with Crippen molar-refractivity contribution >= 4 is 23.2 Å². The van der Waals surface area contributed by atoms with Crippen LogP contribution in [0.2, 0.25) is 5.02 Å². The first-order chi connectivity index (χ1) is 8.51. The molecule has 1 rings (SSSR count). The molecule has 0 aliphatic heterocycles. The normalized spacial score (nSPS) is 11.9. The highest BCUT2D eigenvalue weighted by molar-refractivity contribution is 6.34. The second-order valence-electron chi connectivity index (χ2n) is 3.65. The fourth-order valence-corrected chi connectivity index (χ4v) is 1.68. The summed E-state index contributed by atoms with van der Waals surface area (Å²) in [5.74, 6) is -0.659. The van der Waals surface area contributed by atoms with E-state index < -0.39 is 16.9 Å². The quantitative estimate of drug-likeness (QED) is 0.631. The number of nitro benzene ring substituents is 1. The maximum absolute atomic E-state index is 11.9. The Morgan fingerprint density at radius 1 is 1.61 bits per heavy atom. The SMILES string of the molecule is CCC(CO)NC(=O)c1c(Cl)cccc1[N+](=O)[O-]. The predicted octanol–water partition coefficient (Wildman–Crippen LogP) is 1.75. The van der Waals surface area contributed by atoms with E-state index in [1.54, 1.807) is 6.92 Å². The van der Waals surface area contributed by atoms with E-state index in [0.29, 0.717) is 6.42 Å². The van der Waals surface area contributed by atoms with Crippen LogP contribution in [-0.4, -0.2) is 28.6 Å². The molecule has 0 saturated heterocycles. The molecule has 1 aromatic rings. The van der Waals surface area contributed by atoms with Crippen molar-refractivity contribution in [1.82, 2.24) is 5.32 Å². The van der Waals surface area contributed by atoms with Gasteiger partial charge in [-0.2, -0.15) is 0 Å². The van der Waals surface area contributed by atoms with Gasteiger partial charge in [0.2, 0.25) is 0 Å². The lowest BCUT2D eigenvalue weighted by molar-refractivity contribution is -0.385. The van der Waals surface area contributed by atoms with Crippen LogP contribution in [0, 0.1) is 10.1 Å². The minimum atomic E-state index is -0.666. The van der Waals surface area contributed by atoms with E-state index in [9.17, 15) is 14.9 Å². The van der Waals surface area contributed by atoms with Gasteiger partial charge in [0.1, 0.15) is 5.56 Å². The fraction of sp³-hybridized carbons (Fsp3) is 0.364. The Kier molecular flexibility index (Phi) is 5.06. The first kappa shape index (κ1) is 14.4. The number of aliphatic hydroxyl groups is 1. The number of carbonyl (C=O) groups excluding carboxylic acids is 1. The number of rotatable bonds is 5. The highest BCUT2D eigenvalue weighted by Gasteiger charge is 2.24. The highest BCUT2D eigenvalue weighted by atomic mass is 35.5. The van der Waals surface area contributed by atoms with E-state index in [2.05, 4.69) is 5.32 Å². The summed E-state index contributed by atoms with van der Waals surface area (Å²) in [4.78, 5) is 22.1. The molecular weight excluding hydrogens is 260 g/mol. The molecule has 18 heavy (non-hydrogen) atoms. The van der Waals surface area contributed by atoms with Crippen LogP contribution >= 0.6 is 11.6 Å². The molecule has 0 aromatic heterocycles. The molecule has 0 saturated carbocycles. The van der Waals surface area contributed by atoms with Gasteiger partial charge in [-0.25, -0.2) is 0 Å². The Morgan fingerprint density at radius 3 is 2.78 bits per heavy atom. The number of nitrogens with zero attached hydrogens (tertiary/aromatic N) is 1. The molecule has 2 N–H and O–H groups in total. The van der Waals surface area contributed by atoms with Crippen molar-refractivity contribution in [3.8, 4) is 0 Å². The molecule has 7 heteroatoms. The van der Waals surface area contributed by atoms with E-state index in [0.717, 1.165) is 0 Å². The van der Waals surface area contributed by atoms with Crippen LogP contribution in [0.15, 0.2) is 18.2 Å². The number of benzene rings is 1. The lowest BCUT2D eigenvalue weighted by Crippen LogP contribution is -2.37. The zero-order valence-electron chi connectivity index (χ0n) is 9.72. The maximum atomic E-state index is 11.9. The minimum absolute atomic E-state index is 0.00879. The molecule has 1 unspecified atom stereocenters. The summed E-state index contributed by atoms with van der Waals surface area (Å²) in [6.07, 6.45) is 0.514. The third-order valence-corrected chi connectivity index (χ3v) is 2.78. The van der Waals surface area contributed by atoms with Crippen LogP contribution in [0.25, 0.3) is 0 Å². The van der Waals surface area contributed by atoms with Crippen molar-refractivity contribution in [2.75, 3.05) is 6.61 Å². The molecule has 0 radical (unpaired) electrons. The summed E-state index contributed by atoms with van der Waals surface area (Å²) in [6, 6.07) is 3.57. The van der Waals surface area contributed by atoms with Gasteiger partial charge in [-0.15, -0.1) is 0 Å². The summed E-state index contributed by atoms with van der Waals surface area (Å²) < 4.78 is 0. The molecule has 0 heterocycles. The zero-order chi connectivity index (χ0) is 13.7. The average molecular weight is 273 g/mol. The summed E-state index contributed by atoms with van der Waals surface area (Å²) in [5.41, 5.74) is -0.538. The first-order valence-electron chi connectivity index (χ1n) is 5.35. The van der Waals surface area contributed by atoms with E-state index in [4.69, 9.17) is 16.7 Å². The average Bonchev–Trinajstić information content (AvgIpc) is 2.35. The second-order valence-corrected chi connectivity index (χ2v) is 4.06. The second kappa shape index (κ2) is 6.32. The number of aliphatic hydroxyl groups excluding tert-OH is 1. The Balaban J connectivity index is 3.08. The van der Waals surface area contributed by atoms with Gasteiger partial charge < -0.3 is 10.4 Å². The summed E-state index contributed by atoms with van der Waals surface area (Å²) >= 11 is 5.81. The maximum Gasteiger partial charge on any atom is 0.283 e. The third kappa shape index (κ3) is 3.18. The largest absolute Gasteiger partial charge is 0.394 e. The van der Waals surface area contributed by atoms with Gasteiger partial charge in [0.05, 0.1) is 22.6 Å². The van der Waals surface area contributed by atoms with Crippen LogP contribution < -0.4 is 5.32 Å². The van der Waals surface area contributed by atoms with Crippen molar-refractivity contribution in [3.05, 3.63) is 38.9 Å². The number of amides is 1. The summed E-state index contributed by atoms with van der Waals surface area (Å²) in [7, 11) is 0. The fourth-order valence-electron chi connectivity index (χ4n) is 1.42. The zero-order valence-corrected chi connectivity index (χ0v) is 10.5. The molecule has 0 aliphatic carbocycles. The number of nitrogens with one attached hydrogen (secondary N) is 1. The van der Waals surface area contributed by atoms with Crippen molar-refractivity contribution in [3.63, 3.8) is 0 Å². The predicted molar refractivity (Wildman–Crippen MR) is 66.7 cm³/mol. The highest BCUT2D eigenvalue weighted by Crippen LogP contribution is 2.26. The number of nitro groups is 1. The smallest absolute Gasteiger partial charge is 0.283 e. The Morgan fingerprint density at radius 2 is 2.28 bits per heavy atom. The first-order valence-corrected chi connectivity index (χ1v) is 5.73. The molecule has 1 aromatic carbocycles. The van der Waals surface area contributed by atoms with Gasteiger partial charge in [0.15, 0.2) is 0 Å². The topological polar surface area (TPSA) is 92.5 Å². The standard InChI is InChI=1S/C11H13ClN2O4/c1-2-7(6-15)13-11(16)10-8(12)4-3-5-9(10)14(17)18/h3-5,7,15H,2,6H2,1H3,(H,13,16). The molecular formula is C11H13ClN2O4. The van der Waals surface area contributed by atoms with E-state index in [1.807, 2.05) is 0 Å². The molecule has 6 nitrogen and oxygen atoms in total. The van der Waals surface area contributed by atoms with Crippen molar-refractivity contribution in [2.24, 2.45) is 0 Å². The van der Waals surface area contributed by atoms with E-state index in [1.165, 1.54) is 18.2 Å². The Bertz CT molecular complexity index is 460. The molecule has 98 valence electrons. The van der Waals surface area contributed by atoms with Crippen molar-refractivity contribution in [1.29, 1.82) is 0 Å². The minimum Gasteiger partial charge on any atom is -0.394 e. The van der Waals surface area contributed by atoms with Gasteiger partial charge in [0.25, 0.3) is 11.6 Å². The van der Waals surface area contributed by atoms with Gasteiger partial charge in [-0.05, 0) is 12.5 Å².